The number of carboxylic acid groups (broad SMARTS) is 1. The van der Waals surface area contributed by atoms with Crippen LogP contribution >= 0.6 is 0 Å². The highest BCUT2D eigenvalue weighted by atomic mass is 16.4. The summed E-state index contributed by atoms with van der Waals surface area (Å²) in [6.07, 6.45) is 6.17. The van der Waals surface area contributed by atoms with Gasteiger partial charge in [0.2, 0.25) is 0 Å². The number of carbonyl (C=O) groups is 3. The maximum atomic E-state index is 13.1. The number of Topliss-reactive ketones (excluding diaryl/α,β-unsaturated/α-hetero) is 2. The lowest BCUT2D eigenvalue weighted by molar-refractivity contribution is 0.0696. The third kappa shape index (κ3) is 3.79. The summed E-state index contributed by atoms with van der Waals surface area (Å²) in [5, 5.41) is 21.0. The Bertz CT molecular complexity index is 1780. The average molecular weight is 530 g/mol. The number of aliphatic hydroxyl groups is 1. The highest BCUT2D eigenvalue weighted by molar-refractivity contribution is 6.41. The van der Waals surface area contributed by atoms with E-state index in [9.17, 15) is 24.6 Å². The van der Waals surface area contributed by atoms with Crippen molar-refractivity contribution in [2.24, 2.45) is 0 Å². The number of nitrogens with zero attached hydrogens (tertiary/aromatic N) is 1. The van der Waals surface area contributed by atoms with Crippen LogP contribution in [0.1, 0.15) is 79.4 Å². The molecule has 2 unspecified atom stereocenters. The van der Waals surface area contributed by atoms with Gasteiger partial charge in [-0.2, -0.15) is 0 Å². The molecule has 1 saturated carbocycles. The number of benzene rings is 4. The van der Waals surface area contributed by atoms with Gasteiger partial charge in [-0.05, 0) is 94.9 Å². The lowest BCUT2D eigenvalue weighted by atomic mass is 9.82. The minimum atomic E-state index is -1.13. The van der Waals surface area contributed by atoms with Crippen molar-refractivity contribution in [2.75, 3.05) is 4.90 Å². The zero-order chi connectivity index (χ0) is 27.5. The van der Waals surface area contributed by atoms with Crippen molar-refractivity contribution in [1.29, 1.82) is 0 Å². The Balaban J connectivity index is 1.27. The first-order valence-corrected chi connectivity index (χ1v) is 13.7. The fourth-order valence-electron chi connectivity index (χ4n) is 6.76. The van der Waals surface area contributed by atoms with Gasteiger partial charge >= 0.3 is 5.97 Å². The number of aliphatic hydroxyl groups excluding tert-OH is 1. The molecule has 0 amide bonds. The van der Waals surface area contributed by atoms with Crippen molar-refractivity contribution in [3.63, 3.8) is 0 Å². The van der Waals surface area contributed by atoms with Crippen molar-refractivity contribution in [1.82, 2.24) is 0 Å². The van der Waals surface area contributed by atoms with Gasteiger partial charge in [-0.1, -0.05) is 37.1 Å². The summed E-state index contributed by atoms with van der Waals surface area (Å²) < 4.78 is 0. The molecular formula is C34H27NO5. The highest BCUT2D eigenvalue weighted by Crippen LogP contribution is 2.51. The Morgan fingerprint density at radius 2 is 1.62 bits per heavy atom. The number of carboxylic acids is 1. The van der Waals surface area contributed by atoms with Crippen molar-refractivity contribution < 1.29 is 24.6 Å². The molecule has 198 valence electrons. The predicted molar refractivity (Wildman–Crippen MR) is 153 cm³/mol. The van der Waals surface area contributed by atoms with E-state index in [4.69, 9.17) is 0 Å². The van der Waals surface area contributed by atoms with E-state index in [1.165, 1.54) is 36.6 Å². The molecule has 0 saturated heterocycles. The lowest BCUT2D eigenvalue weighted by Gasteiger charge is -2.33. The SMILES string of the molecule is O=C(O)c1ccc2c(c1)C(=O)C(=Cc1ccc3c(c1)C1CCCCC1N3c1ccc3cc(CO)ccc3c1)C2=O. The summed E-state index contributed by atoms with van der Waals surface area (Å²) in [6, 6.07) is 23.1. The van der Waals surface area contributed by atoms with Crippen molar-refractivity contribution in [2.45, 2.75) is 44.2 Å². The zero-order valence-electron chi connectivity index (χ0n) is 21.8. The van der Waals surface area contributed by atoms with Gasteiger partial charge in [0.05, 0.1) is 17.7 Å². The fourth-order valence-corrected chi connectivity index (χ4v) is 6.76. The first-order valence-electron chi connectivity index (χ1n) is 13.7. The predicted octanol–water partition coefficient (Wildman–Crippen LogP) is 6.67. The number of allylic oxidation sites excluding steroid dienone is 1. The Labute approximate surface area is 231 Å². The van der Waals surface area contributed by atoms with Crippen molar-refractivity contribution >= 4 is 45.8 Å². The minimum absolute atomic E-state index is 0.00959. The van der Waals surface area contributed by atoms with Crippen LogP contribution in [0.25, 0.3) is 16.8 Å². The molecule has 6 heteroatoms. The molecule has 0 radical (unpaired) electrons. The van der Waals surface area contributed by atoms with Crippen LogP contribution in [0.3, 0.4) is 0 Å². The van der Waals surface area contributed by atoms with Crippen LogP contribution in [0.2, 0.25) is 0 Å². The van der Waals surface area contributed by atoms with E-state index in [0.717, 1.165) is 46.1 Å². The number of carbonyl (C=O) groups excluding carboxylic acids is 2. The molecule has 6 nitrogen and oxygen atoms in total. The number of fused-ring (bicyclic) bond motifs is 5. The molecule has 2 atom stereocenters. The highest BCUT2D eigenvalue weighted by Gasteiger charge is 2.41. The molecule has 0 aromatic heterocycles. The molecule has 1 aliphatic heterocycles. The van der Waals surface area contributed by atoms with Crippen LogP contribution in [0.5, 0.6) is 0 Å². The molecule has 7 rings (SSSR count). The molecule has 4 aromatic carbocycles. The van der Waals surface area contributed by atoms with Crippen LogP contribution in [0.15, 0.2) is 78.4 Å². The third-order valence-electron chi connectivity index (χ3n) is 8.68. The molecule has 4 aromatic rings. The van der Waals surface area contributed by atoms with E-state index in [1.807, 2.05) is 18.2 Å². The second-order valence-electron chi connectivity index (χ2n) is 11.0. The molecule has 0 spiro atoms. The Hall–Kier alpha value is -4.55. The molecule has 3 aliphatic rings. The smallest absolute Gasteiger partial charge is 0.335 e. The third-order valence-corrected chi connectivity index (χ3v) is 8.68. The maximum Gasteiger partial charge on any atom is 0.335 e. The van der Waals surface area contributed by atoms with Gasteiger partial charge in [0, 0.05) is 34.5 Å². The maximum absolute atomic E-state index is 13.1. The van der Waals surface area contributed by atoms with Gasteiger partial charge in [-0.15, -0.1) is 0 Å². The molecule has 1 heterocycles. The minimum Gasteiger partial charge on any atom is -0.478 e. The lowest BCUT2D eigenvalue weighted by Crippen LogP contribution is -2.32. The summed E-state index contributed by atoms with van der Waals surface area (Å²) in [5.41, 5.74) is 5.68. The van der Waals surface area contributed by atoms with E-state index in [-0.39, 0.29) is 34.7 Å². The van der Waals surface area contributed by atoms with Crippen LogP contribution in [0, 0.1) is 0 Å². The van der Waals surface area contributed by atoms with Crippen LogP contribution in [-0.2, 0) is 6.61 Å². The molecule has 2 N–H and O–H groups in total. The molecular weight excluding hydrogens is 502 g/mol. The second kappa shape index (κ2) is 9.28. The first kappa shape index (κ1) is 24.5. The van der Waals surface area contributed by atoms with Crippen LogP contribution < -0.4 is 4.90 Å². The number of anilines is 2. The standard InChI is InChI=1S/C34H27NO5/c36-18-20-5-7-22-16-24(10-8-21(22)13-20)35-30-4-2-1-3-25(30)27-14-19(6-12-31(27)35)15-29-32(37)26-11-9-23(34(39)40)17-28(26)33(29)38/h5-17,25,30,36H,1-4,18H2,(H,39,40). The Morgan fingerprint density at radius 1 is 0.850 bits per heavy atom. The summed E-state index contributed by atoms with van der Waals surface area (Å²) in [5.74, 6) is -1.57. The van der Waals surface area contributed by atoms with E-state index >= 15 is 0 Å². The Morgan fingerprint density at radius 3 is 2.45 bits per heavy atom. The summed E-state index contributed by atoms with van der Waals surface area (Å²) in [7, 11) is 0. The van der Waals surface area contributed by atoms with Crippen LogP contribution in [0.4, 0.5) is 11.4 Å². The first-order chi connectivity index (χ1) is 19.4. The van der Waals surface area contributed by atoms with Gasteiger partial charge in [0.15, 0.2) is 11.6 Å². The normalized spacial score (nSPS) is 20.6. The summed E-state index contributed by atoms with van der Waals surface area (Å²) >= 11 is 0. The molecule has 2 aliphatic carbocycles. The van der Waals surface area contributed by atoms with Crippen molar-refractivity contribution in [3.8, 4) is 0 Å². The number of hydrogen-bond acceptors (Lipinski definition) is 5. The molecule has 0 bridgehead atoms. The van der Waals surface area contributed by atoms with E-state index in [2.05, 4.69) is 41.3 Å². The number of hydrogen-bond donors (Lipinski definition) is 2. The molecule has 1 fully saturated rings. The van der Waals surface area contributed by atoms with Crippen LogP contribution in [-0.4, -0.2) is 33.8 Å². The van der Waals surface area contributed by atoms with Gasteiger partial charge < -0.3 is 15.1 Å². The molecule has 40 heavy (non-hydrogen) atoms. The number of aromatic carboxylic acids is 1. The number of rotatable bonds is 4. The average Bonchev–Trinajstić information content (AvgIpc) is 3.43. The van der Waals surface area contributed by atoms with E-state index in [0.29, 0.717) is 12.0 Å². The largest absolute Gasteiger partial charge is 0.478 e. The zero-order valence-corrected chi connectivity index (χ0v) is 21.8. The van der Waals surface area contributed by atoms with E-state index < -0.39 is 11.8 Å². The van der Waals surface area contributed by atoms with Gasteiger partial charge in [0.25, 0.3) is 0 Å². The monoisotopic (exact) mass is 529 g/mol. The summed E-state index contributed by atoms with van der Waals surface area (Å²) in [4.78, 5) is 40.0. The topological polar surface area (TPSA) is 94.9 Å². The van der Waals surface area contributed by atoms with Gasteiger partial charge in [-0.25, -0.2) is 4.79 Å². The van der Waals surface area contributed by atoms with Gasteiger partial charge in [0.1, 0.15) is 0 Å². The summed E-state index contributed by atoms with van der Waals surface area (Å²) in [6.45, 7) is 0.0199. The van der Waals surface area contributed by atoms with Gasteiger partial charge in [-0.3, -0.25) is 9.59 Å². The number of ketones is 2. The quantitative estimate of drug-likeness (QED) is 0.226. The fraction of sp³-hybridized carbons (Fsp3) is 0.206. The Kier molecular flexibility index (Phi) is 5.68. The van der Waals surface area contributed by atoms with Crippen molar-refractivity contribution in [3.05, 3.63) is 112 Å². The van der Waals surface area contributed by atoms with E-state index in [1.54, 1.807) is 6.08 Å². The second-order valence-corrected chi connectivity index (χ2v) is 11.0.